The fourth-order valence-electron chi connectivity index (χ4n) is 1.28. The van der Waals surface area contributed by atoms with Crippen molar-refractivity contribution in [2.75, 3.05) is 13.7 Å². The van der Waals surface area contributed by atoms with Gasteiger partial charge in [0.25, 0.3) is 0 Å². The Morgan fingerprint density at radius 1 is 1.57 bits per heavy atom. The largest absolute Gasteiger partial charge is 0.497 e. The lowest BCUT2D eigenvalue weighted by molar-refractivity contribution is 0.267. The lowest BCUT2D eigenvalue weighted by Gasteiger charge is -2.15. The Kier molecular flexibility index (Phi) is 3.92. The molecule has 1 aromatic carbocycles. The van der Waals surface area contributed by atoms with Gasteiger partial charge < -0.3 is 15.6 Å². The number of hydrogen-bond donors (Lipinski definition) is 2. The van der Waals surface area contributed by atoms with Gasteiger partial charge in [0.1, 0.15) is 5.75 Å². The van der Waals surface area contributed by atoms with Crippen molar-refractivity contribution in [3.63, 3.8) is 0 Å². The van der Waals surface area contributed by atoms with E-state index < -0.39 is 0 Å². The van der Waals surface area contributed by atoms with Crippen LogP contribution in [0.25, 0.3) is 0 Å². The summed E-state index contributed by atoms with van der Waals surface area (Å²) in [6.45, 7) is 1.88. The van der Waals surface area contributed by atoms with Crippen LogP contribution in [0.5, 0.6) is 5.75 Å². The summed E-state index contributed by atoms with van der Waals surface area (Å²) in [6.07, 6.45) is 0. The number of methoxy groups -OCH3 is 1. The predicted molar refractivity (Wildman–Crippen MR) is 59.4 cm³/mol. The number of nitrogens with two attached hydrogens (primary N) is 1. The van der Waals surface area contributed by atoms with E-state index in [0.29, 0.717) is 0 Å². The molecule has 14 heavy (non-hydrogen) atoms. The van der Waals surface area contributed by atoms with Gasteiger partial charge in [0, 0.05) is 4.47 Å². The van der Waals surface area contributed by atoms with Crippen molar-refractivity contribution in [3.05, 3.63) is 27.7 Å². The monoisotopic (exact) mass is 259 g/mol. The maximum Gasteiger partial charge on any atom is 0.120 e. The maximum absolute atomic E-state index is 8.99. The van der Waals surface area contributed by atoms with Crippen molar-refractivity contribution in [2.24, 2.45) is 5.73 Å². The molecule has 0 fully saturated rings. The van der Waals surface area contributed by atoms with Crippen molar-refractivity contribution in [2.45, 2.75) is 13.0 Å². The van der Waals surface area contributed by atoms with Crippen LogP contribution in [0.15, 0.2) is 16.6 Å². The van der Waals surface area contributed by atoms with Crippen LogP contribution in [0.3, 0.4) is 0 Å². The predicted octanol–water partition coefficient (Wildman–Crippen LogP) is 1.76. The van der Waals surface area contributed by atoms with Gasteiger partial charge in [0.15, 0.2) is 0 Å². The van der Waals surface area contributed by atoms with Crippen LogP contribution in [-0.2, 0) is 0 Å². The van der Waals surface area contributed by atoms with Crippen LogP contribution in [0.1, 0.15) is 17.2 Å². The average Bonchev–Trinajstić information content (AvgIpc) is 2.20. The second-order valence-electron chi connectivity index (χ2n) is 3.11. The summed E-state index contributed by atoms with van der Waals surface area (Å²) in [5.74, 6) is 0.737. The molecule has 0 bridgehead atoms. The zero-order valence-electron chi connectivity index (χ0n) is 8.25. The van der Waals surface area contributed by atoms with Gasteiger partial charge >= 0.3 is 0 Å². The topological polar surface area (TPSA) is 55.5 Å². The highest BCUT2D eigenvalue weighted by Gasteiger charge is 2.11. The highest BCUT2D eigenvalue weighted by molar-refractivity contribution is 9.10. The Balaban J connectivity index is 3.20. The Morgan fingerprint density at radius 2 is 2.21 bits per heavy atom. The molecule has 0 aromatic heterocycles. The van der Waals surface area contributed by atoms with Gasteiger partial charge in [-0.2, -0.15) is 0 Å². The van der Waals surface area contributed by atoms with E-state index in [1.54, 1.807) is 7.11 Å². The minimum absolute atomic E-state index is 0.0690. The summed E-state index contributed by atoms with van der Waals surface area (Å²) in [6, 6.07) is 3.37. The van der Waals surface area contributed by atoms with Gasteiger partial charge in [-0.05, 0) is 30.2 Å². The van der Waals surface area contributed by atoms with E-state index >= 15 is 0 Å². The van der Waals surface area contributed by atoms with Crippen molar-refractivity contribution >= 4 is 15.9 Å². The summed E-state index contributed by atoms with van der Waals surface area (Å²) >= 11 is 3.42. The Hall–Kier alpha value is -0.580. The van der Waals surface area contributed by atoms with Crippen LogP contribution in [0, 0.1) is 6.92 Å². The van der Waals surface area contributed by atoms with Crippen LogP contribution < -0.4 is 10.5 Å². The molecule has 3 nitrogen and oxygen atoms in total. The summed E-state index contributed by atoms with van der Waals surface area (Å²) in [4.78, 5) is 0. The number of benzene rings is 1. The third-order valence-corrected chi connectivity index (χ3v) is 3.01. The first-order valence-corrected chi connectivity index (χ1v) is 5.10. The van der Waals surface area contributed by atoms with Gasteiger partial charge in [-0.3, -0.25) is 0 Å². The first-order chi connectivity index (χ1) is 6.60. The molecule has 3 N–H and O–H groups in total. The van der Waals surface area contributed by atoms with E-state index in [9.17, 15) is 0 Å². The standard InChI is InChI=1S/C10H14BrNO2/c1-6-8(10(12)5-13)3-7(14-2)4-9(6)11/h3-4,10,13H,5,12H2,1-2H3. The van der Waals surface area contributed by atoms with Crippen molar-refractivity contribution in [1.29, 1.82) is 0 Å². The molecule has 0 aliphatic heterocycles. The first-order valence-electron chi connectivity index (χ1n) is 4.30. The van der Waals surface area contributed by atoms with Crippen LogP contribution >= 0.6 is 15.9 Å². The molecule has 1 rings (SSSR count). The number of ether oxygens (including phenoxy) is 1. The quantitative estimate of drug-likeness (QED) is 0.870. The SMILES string of the molecule is COc1cc(Br)c(C)c(C(N)CO)c1. The van der Waals surface area contributed by atoms with E-state index in [4.69, 9.17) is 15.6 Å². The number of hydrogen-bond acceptors (Lipinski definition) is 3. The van der Waals surface area contributed by atoms with Crippen LogP contribution in [-0.4, -0.2) is 18.8 Å². The van der Waals surface area contributed by atoms with E-state index in [1.807, 2.05) is 19.1 Å². The Bertz CT molecular complexity index is 328. The molecule has 0 heterocycles. The molecular formula is C10H14BrNO2. The smallest absolute Gasteiger partial charge is 0.120 e. The minimum atomic E-state index is -0.360. The number of aliphatic hydroxyl groups excluding tert-OH is 1. The molecule has 0 saturated heterocycles. The second kappa shape index (κ2) is 4.77. The number of rotatable bonds is 3. The van der Waals surface area contributed by atoms with Gasteiger partial charge in [0.05, 0.1) is 19.8 Å². The van der Waals surface area contributed by atoms with E-state index in [-0.39, 0.29) is 12.6 Å². The third kappa shape index (κ3) is 2.26. The lowest BCUT2D eigenvalue weighted by atomic mass is 10.0. The highest BCUT2D eigenvalue weighted by atomic mass is 79.9. The third-order valence-electron chi connectivity index (χ3n) is 2.19. The van der Waals surface area contributed by atoms with E-state index in [1.165, 1.54) is 0 Å². The van der Waals surface area contributed by atoms with Crippen molar-refractivity contribution < 1.29 is 9.84 Å². The maximum atomic E-state index is 8.99. The summed E-state index contributed by atoms with van der Waals surface area (Å²) in [5, 5.41) is 8.99. The molecule has 0 aliphatic rings. The van der Waals surface area contributed by atoms with E-state index in [0.717, 1.165) is 21.3 Å². The second-order valence-corrected chi connectivity index (χ2v) is 3.97. The molecule has 78 valence electrons. The average molecular weight is 260 g/mol. The normalized spacial score (nSPS) is 12.6. The molecule has 0 saturated carbocycles. The lowest BCUT2D eigenvalue weighted by Crippen LogP contribution is -2.16. The highest BCUT2D eigenvalue weighted by Crippen LogP contribution is 2.29. The number of aliphatic hydroxyl groups is 1. The summed E-state index contributed by atoms with van der Waals surface area (Å²) in [7, 11) is 1.60. The molecule has 1 unspecified atom stereocenters. The summed E-state index contributed by atoms with van der Waals surface area (Å²) < 4.78 is 6.06. The number of halogens is 1. The molecule has 4 heteroatoms. The van der Waals surface area contributed by atoms with Gasteiger partial charge in [-0.1, -0.05) is 15.9 Å². The summed E-state index contributed by atoms with van der Waals surface area (Å²) in [5.41, 5.74) is 7.70. The zero-order valence-corrected chi connectivity index (χ0v) is 9.84. The molecule has 0 aliphatic carbocycles. The van der Waals surface area contributed by atoms with Crippen molar-refractivity contribution in [3.8, 4) is 5.75 Å². The molecule has 1 atom stereocenters. The first kappa shape index (κ1) is 11.5. The Labute approximate surface area is 92.0 Å². The van der Waals surface area contributed by atoms with Crippen LogP contribution in [0.4, 0.5) is 0 Å². The molecular weight excluding hydrogens is 246 g/mol. The van der Waals surface area contributed by atoms with Crippen LogP contribution in [0.2, 0.25) is 0 Å². The molecule has 1 aromatic rings. The molecule has 0 spiro atoms. The Morgan fingerprint density at radius 3 is 2.71 bits per heavy atom. The van der Waals surface area contributed by atoms with Crippen molar-refractivity contribution in [1.82, 2.24) is 0 Å². The minimum Gasteiger partial charge on any atom is -0.497 e. The van der Waals surface area contributed by atoms with Gasteiger partial charge in [-0.25, -0.2) is 0 Å². The zero-order chi connectivity index (χ0) is 10.7. The fourth-order valence-corrected chi connectivity index (χ4v) is 1.73. The molecule has 0 radical (unpaired) electrons. The van der Waals surface area contributed by atoms with Gasteiger partial charge in [-0.15, -0.1) is 0 Å². The fraction of sp³-hybridized carbons (Fsp3) is 0.400. The van der Waals surface area contributed by atoms with Gasteiger partial charge in [0.2, 0.25) is 0 Å². The van der Waals surface area contributed by atoms with E-state index in [2.05, 4.69) is 15.9 Å². The molecule has 0 amide bonds.